The summed E-state index contributed by atoms with van der Waals surface area (Å²) in [4.78, 5) is 0. The predicted molar refractivity (Wildman–Crippen MR) is 87.3 cm³/mol. The topological polar surface area (TPSA) is 61.0 Å². The molecule has 1 aliphatic carbocycles. The number of aliphatic hydroxyl groups excluding tert-OH is 1. The molecule has 0 saturated heterocycles. The van der Waals surface area contributed by atoms with Gasteiger partial charge in [0.1, 0.15) is 0 Å². The Morgan fingerprint density at radius 1 is 1.23 bits per heavy atom. The van der Waals surface area contributed by atoms with Crippen molar-refractivity contribution in [3.63, 3.8) is 0 Å². The number of nitriles is 1. The van der Waals surface area contributed by atoms with Crippen molar-refractivity contribution in [2.45, 2.75) is 57.3 Å². The Morgan fingerprint density at radius 3 is 2.77 bits per heavy atom. The molecule has 22 heavy (non-hydrogen) atoms. The van der Waals surface area contributed by atoms with Gasteiger partial charge in [0, 0.05) is 36.2 Å². The highest BCUT2D eigenvalue weighted by Gasteiger charge is 2.19. The zero-order valence-corrected chi connectivity index (χ0v) is 12.8. The number of aryl methyl sites for hydroxylation is 1. The van der Waals surface area contributed by atoms with Crippen LogP contribution in [0.1, 0.15) is 37.7 Å². The highest BCUT2D eigenvalue weighted by molar-refractivity contribution is 5.83. The maximum absolute atomic E-state index is 9.58. The molecule has 1 aliphatic rings. The number of aromatic nitrogens is 1. The number of aliphatic hydroxyl groups is 1. The number of benzene rings is 1. The SMILES string of the molecule is N#CCCn1cc(CNC2CCC(O)CC2)c2ccccc21. The van der Waals surface area contributed by atoms with Crippen LogP contribution in [0.5, 0.6) is 0 Å². The lowest BCUT2D eigenvalue weighted by molar-refractivity contribution is 0.116. The molecule has 4 nitrogen and oxygen atoms in total. The van der Waals surface area contributed by atoms with Gasteiger partial charge in [-0.2, -0.15) is 5.26 Å². The molecule has 1 aromatic heterocycles. The molecule has 0 amide bonds. The Kier molecular flexibility index (Phi) is 4.77. The first-order valence-corrected chi connectivity index (χ1v) is 8.13. The molecule has 2 N–H and O–H groups in total. The van der Waals surface area contributed by atoms with Gasteiger partial charge in [-0.1, -0.05) is 18.2 Å². The summed E-state index contributed by atoms with van der Waals surface area (Å²) >= 11 is 0. The lowest BCUT2D eigenvalue weighted by atomic mass is 9.93. The van der Waals surface area contributed by atoms with E-state index in [1.807, 2.05) is 6.07 Å². The minimum absolute atomic E-state index is 0.106. The van der Waals surface area contributed by atoms with Gasteiger partial charge in [-0.05, 0) is 37.3 Å². The number of hydrogen-bond donors (Lipinski definition) is 2. The van der Waals surface area contributed by atoms with Crippen molar-refractivity contribution in [1.82, 2.24) is 9.88 Å². The van der Waals surface area contributed by atoms with Crippen LogP contribution in [0.2, 0.25) is 0 Å². The molecule has 1 saturated carbocycles. The fourth-order valence-electron chi connectivity index (χ4n) is 3.35. The fourth-order valence-corrected chi connectivity index (χ4v) is 3.35. The van der Waals surface area contributed by atoms with Crippen molar-refractivity contribution in [3.05, 3.63) is 36.0 Å². The molecule has 3 rings (SSSR count). The Morgan fingerprint density at radius 2 is 2.00 bits per heavy atom. The molecule has 4 heteroatoms. The van der Waals surface area contributed by atoms with E-state index in [-0.39, 0.29) is 6.10 Å². The summed E-state index contributed by atoms with van der Waals surface area (Å²) in [5.74, 6) is 0. The summed E-state index contributed by atoms with van der Waals surface area (Å²) in [6.45, 7) is 1.59. The van der Waals surface area contributed by atoms with Crippen molar-refractivity contribution in [1.29, 1.82) is 5.26 Å². The fraction of sp³-hybridized carbons (Fsp3) is 0.500. The first kappa shape index (κ1) is 15.1. The van der Waals surface area contributed by atoms with Crippen LogP contribution in [0.3, 0.4) is 0 Å². The quantitative estimate of drug-likeness (QED) is 0.892. The Labute approximate surface area is 131 Å². The number of nitrogens with zero attached hydrogens (tertiary/aromatic N) is 2. The summed E-state index contributed by atoms with van der Waals surface area (Å²) in [5.41, 5.74) is 2.49. The van der Waals surface area contributed by atoms with Gasteiger partial charge in [0.05, 0.1) is 18.6 Å². The molecule has 1 heterocycles. The molecule has 0 bridgehead atoms. The van der Waals surface area contributed by atoms with Crippen LogP contribution in [0.15, 0.2) is 30.5 Å². The smallest absolute Gasteiger partial charge is 0.0640 e. The standard InChI is InChI=1S/C18H23N3O/c19-10-3-11-21-13-14(17-4-1-2-5-18(17)21)12-20-15-6-8-16(22)9-7-15/h1-2,4-5,13,15-16,20,22H,3,6-9,11-12H2. The van der Waals surface area contributed by atoms with E-state index >= 15 is 0 Å². The lowest BCUT2D eigenvalue weighted by Crippen LogP contribution is -2.34. The number of nitrogens with one attached hydrogen (secondary N) is 1. The van der Waals surface area contributed by atoms with E-state index in [0.29, 0.717) is 12.5 Å². The predicted octanol–water partition coefficient (Wildman–Crippen LogP) is 2.95. The molecule has 0 unspecified atom stereocenters. The van der Waals surface area contributed by atoms with Crippen LogP contribution in [-0.4, -0.2) is 21.8 Å². The van der Waals surface area contributed by atoms with Crippen LogP contribution in [0, 0.1) is 11.3 Å². The maximum atomic E-state index is 9.58. The third-order valence-electron chi connectivity index (χ3n) is 4.61. The Balaban J connectivity index is 1.72. The number of fused-ring (bicyclic) bond motifs is 1. The molecular formula is C18H23N3O. The first-order chi connectivity index (χ1) is 10.8. The minimum atomic E-state index is -0.106. The molecule has 1 fully saturated rings. The molecule has 0 atom stereocenters. The maximum Gasteiger partial charge on any atom is 0.0640 e. The summed E-state index contributed by atoms with van der Waals surface area (Å²) in [5, 5.41) is 23.3. The van der Waals surface area contributed by atoms with Gasteiger partial charge in [0.2, 0.25) is 0 Å². The van der Waals surface area contributed by atoms with E-state index in [0.717, 1.165) is 38.8 Å². The van der Waals surface area contributed by atoms with E-state index in [4.69, 9.17) is 5.26 Å². The highest BCUT2D eigenvalue weighted by atomic mass is 16.3. The summed E-state index contributed by atoms with van der Waals surface area (Å²) in [6, 6.07) is 11.1. The average molecular weight is 297 g/mol. The number of para-hydroxylation sites is 1. The molecular weight excluding hydrogens is 274 g/mol. The Bertz CT molecular complexity index is 663. The molecule has 0 spiro atoms. The first-order valence-electron chi connectivity index (χ1n) is 8.13. The normalized spacial score (nSPS) is 21.8. The summed E-state index contributed by atoms with van der Waals surface area (Å²) < 4.78 is 2.18. The molecule has 1 aromatic carbocycles. The second-order valence-electron chi connectivity index (χ2n) is 6.16. The van der Waals surface area contributed by atoms with E-state index in [9.17, 15) is 5.11 Å². The van der Waals surface area contributed by atoms with Gasteiger partial charge in [-0.3, -0.25) is 0 Å². The molecule has 0 aliphatic heterocycles. The van der Waals surface area contributed by atoms with Gasteiger partial charge in [-0.15, -0.1) is 0 Å². The molecule has 116 valence electrons. The van der Waals surface area contributed by atoms with Crippen LogP contribution in [0.4, 0.5) is 0 Å². The van der Waals surface area contributed by atoms with Gasteiger partial charge in [-0.25, -0.2) is 0 Å². The average Bonchev–Trinajstić information content (AvgIpc) is 2.91. The monoisotopic (exact) mass is 297 g/mol. The van der Waals surface area contributed by atoms with E-state index < -0.39 is 0 Å². The van der Waals surface area contributed by atoms with Crippen molar-refractivity contribution >= 4 is 10.9 Å². The van der Waals surface area contributed by atoms with Crippen molar-refractivity contribution in [2.24, 2.45) is 0 Å². The molecule has 2 aromatic rings. The van der Waals surface area contributed by atoms with E-state index in [1.54, 1.807) is 0 Å². The van der Waals surface area contributed by atoms with Crippen LogP contribution < -0.4 is 5.32 Å². The second-order valence-corrected chi connectivity index (χ2v) is 6.16. The largest absolute Gasteiger partial charge is 0.393 e. The third-order valence-corrected chi connectivity index (χ3v) is 4.61. The van der Waals surface area contributed by atoms with Crippen LogP contribution >= 0.6 is 0 Å². The summed E-state index contributed by atoms with van der Waals surface area (Å²) in [7, 11) is 0. The van der Waals surface area contributed by atoms with Gasteiger partial charge in [0.25, 0.3) is 0 Å². The second kappa shape index (κ2) is 6.95. The van der Waals surface area contributed by atoms with Gasteiger partial charge < -0.3 is 15.0 Å². The third kappa shape index (κ3) is 3.32. The lowest BCUT2D eigenvalue weighted by Gasteiger charge is -2.26. The molecule has 0 radical (unpaired) electrons. The van der Waals surface area contributed by atoms with Crippen molar-refractivity contribution in [2.75, 3.05) is 0 Å². The van der Waals surface area contributed by atoms with E-state index in [1.165, 1.54) is 16.5 Å². The highest BCUT2D eigenvalue weighted by Crippen LogP contribution is 2.23. The van der Waals surface area contributed by atoms with Crippen LogP contribution in [0.25, 0.3) is 10.9 Å². The Hall–Kier alpha value is -1.83. The van der Waals surface area contributed by atoms with Crippen LogP contribution in [-0.2, 0) is 13.1 Å². The zero-order chi connectivity index (χ0) is 15.4. The van der Waals surface area contributed by atoms with Crippen molar-refractivity contribution in [3.8, 4) is 6.07 Å². The number of rotatable bonds is 5. The van der Waals surface area contributed by atoms with E-state index in [2.05, 4.69) is 40.3 Å². The minimum Gasteiger partial charge on any atom is -0.393 e. The number of hydrogen-bond acceptors (Lipinski definition) is 3. The van der Waals surface area contributed by atoms with Gasteiger partial charge in [0.15, 0.2) is 0 Å². The van der Waals surface area contributed by atoms with Crippen molar-refractivity contribution < 1.29 is 5.11 Å². The zero-order valence-electron chi connectivity index (χ0n) is 12.8. The summed E-state index contributed by atoms with van der Waals surface area (Å²) in [6.07, 6.45) is 6.51. The van der Waals surface area contributed by atoms with Gasteiger partial charge >= 0.3 is 0 Å².